The van der Waals surface area contributed by atoms with Crippen molar-refractivity contribution < 1.29 is 26.7 Å². The van der Waals surface area contributed by atoms with Crippen LogP contribution in [0.3, 0.4) is 0 Å². The van der Waals surface area contributed by atoms with Crippen LogP contribution in [0.4, 0.5) is 19.0 Å². The van der Waals surface area contributed by atoms with E-state index >= 15 is 0 Å². The number of benzene rings is 1. The average Bonchev–Trinajstić information content (AvgIpc) is 2.31. The monoisotopic (exact) mass is 318 g/mol. The molecule has 1 aromatic heterocycles. The third-order valence-corrected chi connectivity index (χ3v) is 3.87. The zero-order valence-electron chi connectivity index (χ0n) is 10.6. The molecule has 0 aliphatic heterocycles. The summed E-state index contributed by atoms with van der Waals surface area (Å²) in [6.45, 7) is 1.52. The Kier molecular flexibility index (Phi) is 3.77. The summed E-state index contributed by atoms with van der Waals surface area (Å²) in [5, 5.41) is 9.49. The predicted molar refractivity (Wildman–Crippen MR) is 67.8 cm³/mol. The largest absolute Gasteiger partial charge is 0.504 e. The molecule has 5 nitrogen and oxygen atoms in total. The molecule has 2 N–H and O–H groups in total. The van der Waals surface area contributed by atoms with Crippen molar-refractivity contribution in [2.24, 2.45) is 0 Å². The molecule has 2 rings (SSSR count). The SMILES string of the molecule is Cc1ccc(O)c(NS(=O)(=O)c2c(F)cc(F)cc2F)n1. The molecule has 9 heteroatoms. The van der Waals surface area contributed by atoms with E-state index in [-0.39, 0.29) is 12.1 Å². The molecule has 21 heavy (non-hydrogen) atoms. The van der Waals surface area contributed by atoms with Crippen LogP contribution in [0.25, 0.3) is 0 Å². The number of aromatic nitrogens is 1. The van der Waals surface area contributed by atoms with E-state index in [1.54, 1.807) is 4.72 Å². The van der Waals surface area contributed by atoms with Crippen LogP contribution in [0, 0.1) is 24.4 Å². The molecular formula is C12H9F3N2O3S. The van der Waals surface area contributed by atoms with Gasteiger partial charge in [-0.05, 0) is 19.1 Å². The van der Waals surface area contributed by atoms with Crippen LogP contribution in [-0.2, 0) is 10.0 Å². The van der Waals surface area contributed by atoms with E-state index in [0.29, 0.717) is 5.69 Å². The van der Waals surface area contributed by atoms with Gasteiger partial charge in [0, 0.05) is 17.8 Å². The first kappa shape index (κ1) is 15.1. The van der Waals surface area contributed by atoms with Crippen molar-refractivity contribution in [1.29, 1.82) is 0 Å². The summed E-state index contributed by atoms with van der Waals surface area (Å²) in [7, 11) is -4.72. The molecule has 0 bridgehead atoms. The normalized spacial score (nSPS) is 11.4. The number of sulfonamides is 1. The number of aryl methyl sites for hydroxylation is 1. The Hall–Kier alpha value is -2.29. The van der Waals surface area contributed by atoms with Crippen LogP contribution in [0.15, 0.2) is 29.2 Å². The number of rotatable bonds is 3. The number of hydrogen-bond acceptors (Lipinski definition) is 4. The molecule has 0 radical (unpaired) electrons. The number of nitrogens with zero attached hydrogens (tertiary/aromatic N) is 1. The second kappa shape index (κ2) is 5.24. The molecule has 0 atom stereocenters. The van der Waals surface area contributed by atoms with Crippen molar-refractivity contribution in [1.82, 2.24) is 4.98 Å². The Morgan fingerprint density at radius 2 is 1.71 bits per heavy atom. The Labute approximate surface area is 118 Å². The third kappa shape index (κ3) is 3.07. The number of halogens is 3. The topological polar surface area (TPSA) is 79.3 Å². The highest BCUT2D eigenvalue weighted by Gasteiger charge is 2.26. The molecule has 112 valence electrons. The standard InChI is InChI=1S/C12H9F3N2O3S/c1-6-2-3-10(18)12(16-6)17-21(19,20)11-8(14)4-7(13)5-9(11)15/h2-5,18H,1H3,(H,16,17). The van der Waals surface area contributed by atoms with Crippen molar-refractivity contribution in [3.63, 3.8) is 0 Å². The lowest BCUT2D eigenvalue weighted by Gasteiger charge is -2.10. The third-order valence-electron chi connectivity index (χ3n) is 2.48. The summed E-state index contributed by atoms with van der Waals surface area (Å²) in [6, 6.07) is 3.05. The second-order valence-electron chi connectivity index (χ2n) is 4.12. The second-order valence-corrected chi connectivity index (χ2v) is 5.74. The predicted octanol–water partition coefficient (Wildman–Crippen LogP) is 2.31. The first-order chi connectivity index (χ1) is 9.70. The first-order valence-electron chi connectivity index (χ1n) is 5.54. The molecule has 0 fully saturated rings. The van der Waals surface area contributed by atoms with Crippen LogP contribution in [0.5, 0.6) is 5.75 Å². The molecule has 0 amide bonds. The fourth-order valence-corrected chi connectivity index (χ4v) is 2.73. The molecule has 0 saturated heterocycles. The van der Waals surface area contributed by atoms with E-state index < -0.39 is 43.9 Å². The summed E-state index contributed by atoms with van der Waals surface area (Å²) >= 11 is 0. The Morgan fingerprint density at radius 3 is 2.29 bits per heavy atom. The molecule has 0 aliphatic carbocycles. The lowest BCUT2D eigenvalue weighted by atomic mass is 10.3. The van der Waals surface area contributed by atoms with Gasteiger partial charge in [0.25, 0.3) is 10.0 Å². The highest BCUT2D eigenvalue weighted by Crippen LogP contribution is 2.26. The van der Waals surface area contributed by atoms with Crippen LogP contribution < -0.4 is 4.72 Å². The van der Waals surface area contributed by atoms with Gasteiger partial charge in [0.05, 0.1) is 0 Å². The van der Waals surface area contributed by atoms with E-state index in [4.69, 9.17) is 0 Å². The van der Waals surface area contributed by atoms with Gasteiger partial charge in [0.2, 0.25) is 0 Å². The fourth-order valence-electron chi connectivity index (χ4n) is 1.59. The van der Waals surface area contributed by atoms with Crippen molar-refractivity contribution >= 4 is 15.8 Å². The quantitative estimate of drug-likeness (QED) is 0.910. The smallest absolute Gasteiger partial charge is 0.269 e. The van der Waals surface area contributed by atoms with Crippen LogP contribution in [0.1, 0.15) is 5.69 Å². The fraction of sp³-hybridized carbons (Fsp3) is 0.0833. The summed E-state index contributed by atoms with van der Waals surface area (Å²) in [5.74, 6) is -5.44. The Morgan fingerprint density at radius 1 is 1.14 bits per heavy atom. The minimum absolute atomic E-state index is 0.237. The minimum Gasteiger partial charge on any atom is -0.504 e. The van der Waals surface area contributed by atoms with Crippen LogP contribution in [0.2, 0.25) is 0 Å². The number of nitrogens with one attached hydrogen (secondary N) is 1. The number of anilines is 1. The highest BCUT2D eigenvalue weighted by atomic mass is 32.2. The lowest BCUT2D eigenvalue weighted by molar-refractivity contribution is 0.474. The van der Waals surface area contributed by atoms with Gasteiger partial charge in [-0.25, -0.2) is 26.6 Å². The van der Waals surface area contributed by atoms with Gasteiger partial charge in [-0.2, -0.15) is 0 Å². The van der Waals surface area contributed by atoms with E-state index in [1.807, 2.05) is 0 Å². The molecule has 0 unspecified atom stereocenters. The zero-order chi connectivity index (χ0) is 15.8. The molecule has 2 aromatic rings. The molecule has 1 heterocycles. The van der Waals surface area contributed by atoms with Crippen molar-refractivity contribution in [2.45, 2.75) is 11.8 Å². The molecule has 0 saturated carbocycles. The molecular weight excluding hydrogens is 309 g/mol. The zero-order valence-corrected chi connectivity index (χ0v) is 11.4. The van der Waals surface area contributed by atoms with Crippen molar-refractivity contribution in [2.75, 3.05) is 4.72 Å². The molecule has 0 spiro atoms. The highest BCUT2D eigenvalue weighted by molar-refractivity contribution is 7.92. The minimum atomic E-state index is -4.72. The van der Waals surface area contributed by atoms with Gasteiger partial charge in [0.15, 0.2) is 16.5 Å². The maximum absolute atomic E-state index is 13.5. The van der Waals surface area contributed by atoms with Crippen molar-refractivity contribution in [3.05, 3.63) is 47.4 Å². The van der Waals surface area contributed by atoms with Crippen LogP contribution >= 0.6 is 0 Å². The summed E-state index contributed by atoms with van der Waals surface area (Å²) in [5.41, 5.74) is 0.366. The van der Waals surface area contributed by atoms with Crippen molar-refractivity contribution in [3.8, 4) is 5.75 Å². The first-order valence-corrected chi connectivity index (χ1v) is 7.03. The van der Waals surface area contributed by atoms with E-state index in [0.717, 1.165) is 6.07 Å². The number of hydrogen-bond donors (Lipinski definition) is 2. The molecule has 0 aliphatic rings. The Balaban J connectivity index is 2.51. The van der Waals surface area contributed by atoms with Gasteiger partial charge in [-0.1, -0.05) is 0 Å². The summed E-state index contributed by atoms with van der Waals surface area (Å²) in [6.07, 6.45) is 0. The summed E-state index contributed by atoms with van der Waals surface area (Å²) < 4.78 is 65.5. The van der Waals surface area contributed by atoms with Gasteiger partial charge in [-0.3, -0.25) is 4.72 Å². The van der Waals surface area contributed by atoms with E-state index in [9.17, 15) is 26.7 Å². The molecule has 1 aromatic carbocycles. The van der Waals surface area contributed by atoms with Gasteiger partial charge in [-0.15, -0.1) is 0 Å². The summed E-state index contributed by atoms with van der Waals surface area (Å²) in [4.78, 5) is 2.35. The maximum Gasteiger partial charge on any atom is 0.269 e. The number of aromatic hydroxyl groups is 1. The number of pyridine rings is 1. The van der Waals surface area contributed by atoms with Gasteiger partial charge < -0.3 is 5.11 Å². The average molecular weight is 318 g/mol. The van der Waals surface area contributed by atoms with Crippen LogP contribution in [-0.4, -0.2) is 18.5 Å². The lowest BCUT2D eigenvalue weighted by Crippen LogP contribution is -2.17. The van der Waals surface area contributed by atoms with Gasteiger partial charge >= 0.3 is 0 Å². The van der Waals surface area contributed by atoms with Gasteiger partial charge in [0.1, 0.15) is 17.5 Å². The maximum atomic E-state index is 13.5. The van der Waals surface area contributed by atoms with E-state index in [2.05, 4.69) is 4.98 Å². The van der Waals surface area contributed by atoms with E-state index in [1.165, 1.54) is 13.0 Å². The Bertz CT molecular complexity index is 786.